The van der Waals surface area contributed by atoms with Crippen molar-refractivity contribution < 1.29 is 13.5 Å². The van der Waals surface area contributed by atoms with E-state index in [0.29, 0.717) is 27.8 Å². The van der Waals surface area contributed by atoms with Crippen molar-refractivity contribution in [3.05, 3.63) is 41.9 Å². The molecule has 4 rings (SSSR count). The number of halogens is 3. The largest absolute Gasteiger partial charge is 0.490 e. The van der Waals surface area contributed by atoms with Gasteiger partial charge in [-0.2, -0.15) is 0 Å². The Morgan fingerprint density at radius 2 is 2.12 bits per heavy atom. The zero-order valence-corrected chi connectivity index (χ0v) is 13.7. The Kier molecular flexibility index (Phi) is 3.91. The molecule has 1 aliphatic rings. The van der Waals surface area contributed by atoms with Crippen LogP contribution < -0.4 is 9.64 Å². The molecule has 25 heavy (non-hydrogen) atoms. The first-order valence-electron chi connectivity index (χ1n) is 7.69. The van der Waals surface area contributed by atoms with Gasteiger partial charge < -0.3 is 14.6 Å². The third-order valence-electron chi connectivity index (χ3n) is 4.11. The molecule has 0 spiro atoms. The van der Waals surface area contributed by atoms with Crippen molar-refractivity contribution in [3.63, 3.8) is 0 Å². The van der Waals surface area contributed by atoms with Crippen LogP contribution in [0.2, 0.25) is 5.02 Å². The highest BCUT2D eigenvalue weighted by Gasteiger charge is 2.46. The van der Waals surface area contributed by atoms with E-state index in [1.54, 1.807) is 24.3 Å². The van der Waals surface area contributed by atoms with Crippen LogP contribution in [0.3, 0.4) is 0 Å². The van der Waals surface area contributed by atoms with E-state index in [1.165, 1.54) is 17.6 Å². The minimum atomic E-state index is -2.83. The summed E-state index contributed by atoms with van der Waals surface area (Å²) in [6.07, 6.45) is 2.47. The second-order valence-electron chi connectivity index (χ2n) is 5.88. The third-order valence-corrected chi connectivity index (χ3v) is 4.43. The number of benzene rings is 1. The lowest BCUT2D eigenvalue weighted by Gasteiger charge is -2.25. The van der Waals surface area contributed by atoms with Crippen molar-refractivity contribution in [1.29, 1.82) is 0 Å². The first-order valence-corrected chi connectivity index (χ1v) is 8.07. The summed E-state index contributed by atoms with van der Waals surface area (Å²) in [5.41, 5.74) is 0.967. The molecule has 9 heteroatoms. The number of alkyl halides is 2. The molecule has 1 fully saturated rings. The molecule has 2 aromatic heterocycles. The summed E-state index contributed by atoms with van der Waals surface area (Å²) in [5.74, 6) is -2.00. The van der Waals surface area contributed by atoms with Crippen molar-refractivity contribution in [2.45, 2.75) is 18.4 Å². The molecule has 0 unspecified atom stereocenters. The number of fused-ring (bicyclic) bond motifs is 1. The van der Waals surface area contributed by atoms with Gasteiger partial charge in [0.2, 0.25) is 0 Å². The van der Waals surface area contributed by atoms with E-state index < -0.39 is 18.5 Å². The molecule has 0 aliphatic carbocycles. The molecular formula is C16H14ClF2N5O. The van der Waals surface area contributed by atoms with Gasteiger partial charge in [-0.05, 0) is 12.1 Å². The number of nitrogens with zero attached hydrogens (tertiary/aromatic N) is 4. The van der Waals surface area contributed by atoms with E-state index in [2.05, 4.69) is 19.9 Å². The zero-order chi connectivity index (χ0) is 17.4. The second kappa shape index (κ2) is 6.11. The van der Waals surface area contributed by atoms with Crippen LogP contribution >= 0.6 is 11.6 Å². The van der Waals surface area contributed by atoms with Crippen LogP contribution in [0.25, 0.3) is 11.2 Å². The predicted octanol–water partition coefficient (Wildman–Crippen LogP) is 3.30. The van der Waals surface area contributed by atoms with Crippen LogP contribution in [0.4, 0.5) is 14.6 Å². The second-order valence-corrected chi connectivity index (χ2v) is 6.29. The number of anilines is 1. The predicted molar refractivity (Wildman–Crippen MR) is 89.3 cm³/mol. The summed E-state index contributed by atoms with van der Waals surface area (Å²) < 4.78 is 33.8. The Balaban J connectivity index is 1.61. The molecule has 1 aromatic carbocycles. The fourth-order valence-electron chi connectivity index (χ4n) is 3.00. The fraction of sp³-hybridized carbons (Fsp3) is 0.312. The molecule has 1 atom stereocenters. The summed E-state index contributed by atoms with van der Waals surface area (Å²) in [5, 5.41) is 0.440. The average molecular weight is 366 g/mol. The van der Waals surface area contributed by atoms with Crippen LogP contribution in [0.15, 0.2) is 36.9 Å². The number of nitrogens with one attached hydrogen (secondary N) is 1. The lowest BCUT2D eigenvalue weighted by atomic mass is 10.2. The SMILES string of the molecule is FC1(F)C[C@H](COc2ccccc2Cl)N(c2ncnc3[nH]cnc23)C1. The molecule has 0 amide bonds. The van der Waals surface area contributed by atoms with E-state index in [9.17, 15) is 8.78 Å². The Morgan fingerprint density at radius 3 is 2.96 bits per heavy atom. The number of hydrogen-bond donors (Lipinski definition) is 1. The van der Waals surface area contributed by atoms with Gasteiger partial charge in [0.25, 0.3) is 5.92 Å². The monoisotopic (exact) mass is 365 g/mol. The molecule has 3 aromatic rings. The molecule has 3 heterocycles. The minimum Gasteiger partial charge on any atom is -0.490 e. The van der Waals surface area contributed by atoms with Gasteiger partial charge in [-0.15, -0.1) is 0 Å². The number of aromatic nitrogens is 4. The number of H-pyrrole nitrogens is 1. The Morgan fingerprint density at radius 1 is 1.28 bits per heavy atom. The topological polar surface area (TPSA) is 66.9 Å². The van der Waals surface area contributed by atoms with Gasteiger partial charge in [-0.1, -0.05) is 23.7 Å². The van der Waals surface area contributed by atoms with Crippen molar-refractivity contribution in [1.82, 2.24) is 19.9 Å². The summed E-state index contributed by atoms with van der Waals surface area (Å²) in [6, 6.07) is 6.40. The molecular weight excluding hydrogens is 352 g/mol. The van der Waals surface area contributed by atoms with Gasteiger partial charge in [0.05, 0.1) is 23.9 Å². The molecule has 0 bridgehead atoms. The van der Waals surface area contributed by atoms with Gasteiger partial charge in [0, 0.05) is 6.42 Å². The molecule has 1 aliphatic heterocycles. The highest BCUT2D eigenvalue weighted by molar-refractivity contribution is 6.32. The van der Waals surface area contributed by atoms with E-state index in [-0.39, 0.29) is 13.0 Å². The number of imidazole rings is 1. The smallest absolute Gasteiger partial charge is 0.267 e. The third kappa shape index (κ3) is 3.09. The van der Waals surface area contributed by atoms with Crippen molar-refractivity contribution in [2.75, 3.05) is 18.1 Å². The highest BCUT2D eigenvalue weighted by atomic mass is 35.5. The molecule has 6 nitrogen and oxygen atoms in total. The van der Waals surface area contributed by atoms with Gasteiger partial charge in [-0.3, -0.25) is 0 Å². The first kappa shape index (κ1) is 16.0. The number of ether oxygens (including phenoxy) is 1. The van der Waals surface area contributed by atoms with Crippen LogP contribution in [0, 0.1) is 0 Å². The summed E-state index contributed by atoms with van der Waals surface area (Å²) in [7, 11) is 0. The van der Waals surface area contributed by atoms with E-state index >= 15 is 0 Å². The lowest BCUT2D eigenvalue weighted by molar-refractivity contribution is 0.0206. The molecule has 1 N–H and O–H groups in total. The van der Waals surface area contributed by atoms with Gasteiger partial charge in [0.15, 0.2) is 11.5 Å². The summed E-state index contributed by atoms with van der Waals surface area (Å²) in [4.78, 5) is 16.8. The highest BCUT2D eigenvalue weighted by Crippen LogP contribution is 2.37. The quantitative estimate of drug-likeness (QED) is 0.768. The van der Waals surface area contributed by atoms with Crippen LogP contribution in [0.1, 0.15) is 6.42 Å². The number of rotatable bonds is 4. The first-order chi connectivity index (χ1) is 12.0. The van der Waals surface area contributed by atoms with Crippen molar-refractivity contribution in [2.24, 2.45) is 0 Å². The number of para-hydroxylation sites is 1. The molecule has 130 valence electrons. The summed E-state index contributed by atoms with van der Waals surface area (Å²) >= 11 is 6.06. The Bertz CT molecular complexity index is 903. The lowest BCUT2D eigenvalue weighted by Crippen LogP contribution is -2.35. The molecule has 0 saturated carbocycles. The summed E-state index contributed by atoms with van der Waals surface area (Å²) in [6.45, 7) is -0.377. The molecule has 0 radical (unpaired) electrons. The van der Waals surface area contributed by atoms with E-state index in [0.717, 1.165) is 0 Å². The maximum Gasteiger partial charge on any atom is 0.267 e. The maximum absolute atomic E-state index is 14.1. The Labute approximate surface area is 146 Å². The van der Waals surface area contributed by atoms with Crippen LogP contribution in [-0.2, 0) is 0 Å². The fourth-order valence-corrected chi connectivity index (χ4v) is 3.19. The van der Waals surface area contributed by atoms with Crippen LogP contribution in [-0.4, -0.2) is 45.1 Å². The number of aromatic amines is 1. The average Bonchev–Trinajstić information content (AvgIpc) is 3.17. The minimum absolute atomic E-state index is 0.0647. The van der Waals surface area contributed by atoms with Crippen LogP contribution in [0.5, 0.6) is 5.75 Å². The van der Waals surface area contributed by atoms with Gasteiger partial charge in [-0.25, -0.2) is 23.7 Å². The Hall–Kier alpha value is -2.48. The van der Waals surface area contributed by atoms with Crippen molar-refractivity contribution in [3.8, 4) is 5.75 Å². The zero-order valence-electron chi connectivity index (χ0n) is 13.0. The van der Waals surface area contributed by atoms with E-state index in [1.807, 2.05) is 0 Å². The van der Waals surface area contributed by atoms with Gasteiger partial charge in [0.1, 0.15) is 24.2 Å². The van der Waals surface area contributed by atoms with Gasteiger partial charge >= 0.3 is 0 Å². The molecule has 1 saturated heterocycles. The van der Waals surface area contributed by atoms with Crippen molar-refractivity contribution >= 4 is 28.6 Å². The standard InChI is InChI=1S/C16H14ClF2N5O/c17-11-3-1-2-4-12(11)25-6-10-5-16(18,19)7-24(10)15-13-14(21-8-20-13)22-9-23-15/h1-4,8-10H,5-7H2,(H,20,21,22,23)/t10-/m1/s1. The number of hydrogen-bond acceptors (Lipinski definition) is 5. The normalized spacial score (nSPS) is 19.5. The van der Waals surface area contributed by atoms with E-state index in [4.69, 9.17) is 16.3 Å². The maximum atomic E-state index is 14.1.